The van der Waals surface area contributed by atoms with Crippen LogP contribution in [0.2, 0.25) is 0 Å². The molecule has 1 heterocycles. The Bertz CT molecular complexity index is 235. The number of rotatable bonds is 8. The van der Waals surface area contributed by atoms with Gasteiger partial charge < -0.3 is 10.4 Å². The number of likely N-dealkylation sites (tertiary alicyclic amines) is 1. The van der Waals surface area contributed by atoms with E-state index in [1.165, 1.54) is 38.5 Å². The molecule has 1 aliphatic rings. The second-order valence-electron chi connectivity index (χ2n) is 6.50. The maximum absolute atomic E-state index is 9.61. The van der Waals surface area contributed by atoms with Gasteiger partial charge in [-0.15, -0.1) is 0 Å². The van der Waals surface area contributed by atoms with Gasteiger partial charge in [-0.25, -0.2) is 0 Å². The fourth-order valence-corrected chi connectivity index (χ4v) is 3.00. The fourth-order valence-electron chi connectivity index (χ4n) is 3.00. The summed E-state index contributed by atoms with van der Waals surface area (Å²) in [7, 11) is 0. The highest BCUT2D eigenvalue weighted by atomic mass is 16.3. The molecular weight excluding hydrogens is 236 g/mol. The average Bonchev–Trinajstić information content (AvgIpc) is 2.64. The van der Waals surface area contributed by atoms with Crippen LogP contribution in [0.5, 0.6) is 0 Å². The van der Waals surface area contributed by atoms with E-state index in [2.05, 4.69) is 31.0 Å². The van der Waals surface area contributed by atoms with Crippen molar-refractivity contribution in [3.63, 3.8) is 0 Å². The van der Waals surface area contributed by atoms with Gasteiger partial charge in [-0.3, -0.25) is 4.90 Å². The van der Waals surface area contributed by atoms with Gasteiger partial charge in [0.25, 0.3) is 0 Å². The molecular formula is C16H34N2O. The van der Waals surface area contributed by atoms with Gasteiger partial charge in [0.05, 0.1) is 6.61 Å². The van der Waals surface area contributed by atoms with Crippen molar-refractivity contribution in [1.29, 1.82) is 0 Å². The first-order chi connectivity index (χ1) is 9.15. The molecule has 3 nitrogen and oxygen atoms in total. The van der Waals surface area contributed by atoms with Crippen LogP contribution >= 0.6 is 0 Å². The zero-order valence-electron chi connectivity index (χ0n) is 13.2. The van der Waals surface area contributed by atoms with Gasteiger partial charge in [-0.1, -0.05) is 33.6 Å². The molecule has 2 atom stereocenters. The second kappa shape index (κ2) is 8.93. The quantitative estimate of drug-likeness (QED) is 0.666. The summed E-state index contributed by atoms with van der Waals surface area (Å²) >= 11 is 0. The molecule has 0 saturated carbocycles. The van der Waals surface area contributed by atoms with Gasteiger partial charge in [-0.05, 0) is 44.2 Å². The van der Waals surface area contributed by atoms with Crippen LogP contribution in [0.3, 0.4) is 0 Å². The van der Waals surface area contributed by atoms with Crippen molar-refractivity contribution in [3.8, 4) is 0 Å². The highest BCUT2D eigenvalue weighted by molar-refractivity contribution is 4.84. The van der Waals surface area contributed by atoms with E-state index in [9.17, 15) is 5.11 Å². The monoisotopic (exact) mass is 270 g/mol. The van der Waals surface area contributed by atoms with Crippen molar-refractivity contribution in [2.24, 2.45) is 5.41 Å². The molecule has 0 amide bonds. The van der Waals surface area contributed by atoms with Crippen molar-refractivity contribution in [2.75, 3.05) is 32.8 Å². The van der Waals surface area contributed by atoms with E-state index in [-0.39, 0.29) is 0 Å². The lowest BCUT2D eigenvalue weighted by molar-refractivity contribution is 0.0780. The number of aliphatic hydroxyl groups excluding tert-OH is 1. The molecule has 0 aromatic rings. The summed E-state index contributed by atoms with van der Waals surface area (Å²) in [6.07, 6.45) is 7.45. The van der Waals surface area contributed by atoms with E-state index < -0.39 is 0 Å². The molecule has 2 N–H and O–H groups in total. The van der Waals surface area contributed by atoms with Crippen LogP contribution in [-0.4, -0.2) is 48.8 Å². The third kappa shape index (κ3) is 5.80. The minimum atomic E-state index is 0.322. The smallest absolute Gasteiger partial charge is 0.0586 e. The van der Waals surface area contributed by atoms with E-state index in [0.717, 1.165) is 26.2 Å². The third-order valence-electron chi connectivity index (χ3n) is 4.63. The zero-order chi connectivity index (χ0) is 14.1. The van der Waals surface area contributed by atoms with Gasteiger partial charge in [0.1, 0.15) is 0 Å². The predicted octanol–water partition coefficient (Wildman–Crippen LogP) is 2.64. The number of nitrogens with one attached hydrogen (secondary N) is 1. The van der Waals surface area contributed by atoms with Crippen molar-refractivity contribution in [1.82, 2.24) is 10.2 Å². The number of aliphatic hydroxyl groups is 1. The molecule has 1 saturated heterocycles. The van der Waals surface area contributed by atoms with Gasteiger partial charge in [0, 0.05) is 19.1 Å². The molecule has 0 aliphatic carbocycles. The molecule has 114 valence electrons. The molecule has 19 heavy (non-hydrogen) atoms. The molecule has 1 aliphatic heterocycles. The minimum absolute atomic E-state index is 0.322. The topological polar surface area (TPSA) is 35.5 Å². The predicted molar refractivity (Wildman–Crippen MR) is 82.5 cm³/mol. The lowest BCUT2D eigenvalue weighted by Gasteiger charge is -2.38. The Morgan fingerprint density at radius 1 is 1.26 bits per heavy atom. The summed E-state index contributed by atoms with van der Waals surface area (Å²) < 4.78 is 0. The van der Waals surface area contributed by atoms with Gasteiger partial charge in [0.2, 0.25) is 0 Å². The summed E-state index contributed by atoms with van der Waals surface area (Å²) in [6.45, 7) is 11.7. The van der Waals surface area contributed by atoms with Gasteiger partial charge in [-0.2, -0.15) is 0 Å². The van der Waals surface area contributed by atoms with Crippen molar-refractivity contribution < 1.29 is 5.11 Å². The second-order valence-corrected chi connectivity index (χ2v) is 6.50. The van der Waals surface area contributed by atoms with E-state index >= 15 is 0 Å². The molecule has 1 rings (SSSR count). The third-order valence-corrected chi connectivity index (χ3v) is 4.63. The SMILES string of the molecule is CCCNCC(C)(CC)CN1CCCCCC1CO. The van der Waals surface area contributed by atoms with Crippen LogP contribution in [0.15, 0.2) is 0 Å². The first-order valence-corrected chi connectivity index (χ1v) is 8.21. The molecule has 0 aromatic heterocycles. The molecule has 0 aromatic carbocycles. The van der Waals surface area contributed by atoms with Crippen LogP contribution in [0.1, 0.15) is 59.3 Å². The summed E-state index contributed by atoms with van der Waals surface area (Å²) in [5.74, 6) is 0. The van der Waals surface area contributed by atoms with Crippen LogP contribution < -0.4 is 5.32 Å². The summed E-state index contributed by atoms with van der Waals surface area (Å²) in [5.41, 5.74) is 0.326. The highest BCUT2D eigenvalue weighted by Gasteiger charge is 2.29. The Morgan fingerprint density at radius 3 is 2.68 bits per heavy atom. The van der Waals surface area contributed by atoms with Gasteiger partial charge in [0.15, 0.2) is 0 Å². The molecule has 0 spiro atoms. The first-order valence-electron chi connectivity index (χ1n) is 8.21. The highest BCUT2D eigenvalue weighted by Crippen LogP contribution is 2.26. The largest absolute Gasteiger partial charge is 0.395 e. The number of hydrogen-bond donors (Lipinski definition) is 2. The van der Waals surface area contributed by atoms with Gasteiger partial charge >= 0.3 is 0 Å². The molecule has 0 bridgehead atoms. The Labute approximate surface area is 119 Å². The number of nitrogens with zero attached hydrogens (tertiary/aromatic N) is 1. The number of hydrogen-bond acceptors (Lipinski definition) is 3. The van der Waals surface area contributed by atoms with Crippen molar-refractivity contribution in [3.05, 3.63) is 0 Å². The Kier molecular flexibility index (Phi) is 7.96. The molecule has 1 fully saturated rings. The van der Waals surface area contributed by atoms with Crippen molar-refractivity contribution >= 4 is 0 Å². The molecule has 2 unspecified atom stereocenters. The summed E-state index contributed by atoms with van der Waals surface area (Å²) in [5, 5.41) is 13.2. The summed E-state index contributed by atoms with van der Waals surface area (Å²) in [4.78, 5) is 2.55. The Morgan fingerprint density at radius 2 is 2.05 bits per heavy atom. The molecule has 3 heteroatoms. The summed E-state index contributed by atoms with van der Waals surface area (Å²) in [6, 6.07) is 0.388. The lowest BCUT2D eigenvalue weighted by atomic mass is 9.86. The standard InChI is InChI=1S/C16H34N2O/c1-4-10-17-13-16(3,5-2)14-18-11-8-6-7-9-15(18)12-19/h15,17,19H,4-14H2,1-3H3. The van der Waals surface area contributed by atoms with E-state index in [4.69, 9.17) is 0 Å². The molecule has 0 radical (unpaired) electrons. The maximum Gasteiger partial charge on any atom is 0.0586 e. The fraction of sp³-hybridized carbons (Fsp3) is 1.00. The normalized spacial score (nSPS) is 24.9. The van der Waals surface area contributed by atoms with Crippen LogP contribution in [-0.2, 0) is 0 Å². The average molecular weight is 270 g/mol. The maximum atomic E-state index is 9.61. The van der Waals surface area contributed by atoms with E-state index in [0.29, 0.717) is 18.1 Å². The van der Waals surface area contributed by atoms with Crippen LogP contribution in [0.4, 0.5) is 0 Å². The van der Waals surface area contributed by atoms with Crippen molar-refractivity contribution in [2.45, 2.75) is 65.3 Å². The minimum Gasteiger partial charge on any atom is -0.395 e. The Hall–Kier alpha value is -0.120. The van der Waals surface area contributed by atoms with E-state index in [1.54, 1.807) is 0 Å². The van der Waals surface area contributed by atoms with Crippen LogP contribution in [0.25, 0.3) is 0 Å². The lowest BCUT2D eigenvalue weighted by Crippen LogP contribution is -2.47. The first kappa shape index (κ1) is 16.9. The van der Waals surface area contributed by atoms with Crippen LogP contribution in [0, 0.1) is 5.41 Å². The zero-order valence-corrected chi connectivity index (χ0v) is 13.2. The Balaban J connectivity index is 2.55. The van der Waals surface area contributed by atoms with E-state index in [1.807, 2.05) is 0 Å².